The van der Waals surface area contributed by atoms with E-state index in [1.54, 1.807) is 6.20 Å². The van der Waals surface area contributed by atoms with E-state index in [2.05, 4.69) is 34.1 Å². The van der Waals surface area contributed by atoms with Crippen LogP contribution in [0.5, 0.6) is 0 Å². The molecule has 2 aromatic heterocycles. The first-order valence-corrected chi connectivity index (χ1v) is 10.3. The van der Waals surface area contributed by atoms with Gasteiger partial charge in [0.05, 0.1) is 23.1 Å². The third kappa shape index (κ3) is 4.16. The van der Waals surface area contributed by atoms with Crippen molar-refractivity contribution in [3.8, 4) is 5.69 Å². The molecular formula is C23H27N5O. The van der Waals surface area contributed by atoms with Crippen molar-refractivity contribution in [1.82, 2.24) is 20.1 Å². The lowest BCUT2D eigenvalue weighted by Crippen LogP contribution is -2.25. The van der Waals surface area contributed by atoms with E-state index < -0.39 is 0 Å². The molecule has 1 N–H and O–H groups in total. The third-order valence-corrected chi connectivity index (χ3v) is 5.37. The van der Waals surface area contributed by atoms with Crippen LogP contribution in [0, 0.1) is 0 Å². The smallest absolute Gasteiger partial charge is 0.255 e. The summed E-state index contributed by atoms with van der Waals surface area (Å²) in [5.74, 6) is 1.29. The van der Waals surface area contributed by atoms with E-state index >= 15 is 0 Å². The molecule has 1 amide bonds. The van der Waals surface area contributed by atoms with Crippen molar-refractivity contribution in [3.05, 3.63) is 71.7 Å². The van der Waals surface area contributed by atoms with Crippen molar-refractivity contribution in [1.29, 1.82) is 0 Å². The number of anilines is 1. The van der Waals surface area contributed by atoms with Crippen LogP contribution in [0.4, 0.5) is 5.82 Å². The van der Waals surface area contributed by atoms with Gasteiger partial charge in [0, 0.05) is 31.7 Å². The maximum atomic E-state index is 12.9. The van der Waals surface area contributed by atoms with Crippen molar-refractivity contribution in [2.75, 3.05) is 18.0 Å². The standard InChI is InChI=1S/C23H27N5O/c1-3-27(4-2)21-13-10-17(14-24-21)15-25-23(29)20-16-26-28(22(20)18-11-12-18)19-8-6-5-7-9-19/h5-10,13-14,16,18H,3-4,11-12,15H2,1-2H3,(H,25,29). The summed E-state index contributed by atoms with van der Waals surface area (Å²) in [6, 6.07) is 14.0. The van der Waals surface area contributed by atoms with Crippen LogP contribution in [-0.2, 0) is 6.54 Å². The Hall–Kier alpha value is -3.15. The number of para-hydroxylation sites is 1. The van der Waals surface area contributed by atoms with Gasteiger partial charge in [0.2, 0.25) is 0 Å². The number of pyridine rings is 1. The number of amides is 1. The molecule has 0 atom stereocenters. The molecule has 0 unspecified atom stereocenters. The summed E-state index contributed by atoms with van der Waals surface area (Å²) < 4.78 is 1.91. The lowest BCUT2D eigenvalue weighted by molar-refractivity contribution is 0.0950. The molecule has 1 aromatic carbocycles. The predicted molar refractivity (Wildman–Crippen MR) is 115 cm³/mol. The van der Waals surface area contributed by atoms with Gasteiger partial charge in [-0.3, -0.25) is 4.79 Å². The summed E-state index contributed by atoms with van der Waals surface area (Å²) in [5.41, 5.74) is 3.66. The Morgan fingerprint density at radius 2 is 1.86 bits per heavy atom. The SMILES string of the molecule is CCN(CC)c1ccc(CNC(=O)c2cnn(-c3ccccc3)c2C2CC2)cn1. The highest BCUT2D eigenvalue weighted by Crippen LogP contribution is 2.42. The van der Waals surface area contributed by atoms with E-state index in [9.17, 15) is 4.79 Å². The molecular weight excluding hydrogens is 362 g/mol. The molecule has 0 spiro atoms. The molecule has 1 aliphatic rings. The van der Waals surface area contributed by atoms with Crippen molar-refractivity contribution in [2.24, 2.45) is 0 Å². The van der Waals surface area contributed by atoms with Crippen LogP contribution in [0.15, 0.2) is 54.9 Å². The lowest BCUT2D eigenvalue weighted by Gasteiger charge is -2.19. The fourth-order valence-corrected chi connectivity index (χ4v) is 3.59. The number of rotatable bonds is 8. The molecule has 2 heterocycles. The number of aromatic nitrogens is 3. The molecule has 6 nitrogen and oxygen atoms in total. The largest absolute Gasteiger partial charge is 0.357 e. The zero-order chi connectivity index (χ0) is 20.2. The number of carbonyl (C=O) groups excluding carboxylic acids is 1. The van der Waals surface area contributed by atoms with Crippen molar-refractivity contribution < 1.29 is 4.79 Å². The lowest BCUT2D eigenvalue weighted by atomic mass is 10.1. The maximum absolute atomic E-state index is 12.9. The molecule has 0 bridgehead atoms. The highest BCUT2D eigenvalue weighted by molar-refractivity contribution is 5.95. The molecule has 0 saturated heterocycles. The first-order chi connectivity index (χ1) is 14.2. The molecule has 1 aliphatic carbocycles. The van der Waals surface area contributed by atoms with E-state index in [1.807, 2.05) is 53.3 Å². The highest BCUT2D eigenvalue weighted by Gasteiger charge is 2.32. The van der Waals surface area contributed by atoms with Crippen molar-refractivity contribution in [2.45, 2.75) is 39.2 Å². The Balaban J connectivity index is 1.47. The Labute approximate surface area is 171 Å². The van der Waals surface area contributed by atoms with E-state index in [0.29, 0.717) is 18.0 Å². The monoisotopic (exact) mass is 389 g/mol. The van der Waals surface area contributed by atoms with E-state index in [0.717, 1.165) is 48.7 Å². The second-order valence-electron chi connectivity index (χ2n) is 7.34. The molecule has 1 saturated carbocycles. The number of carbonyl (C=O) groups is 1. The van der Waals surface area contributed by atoms with Gasteiger partial charge in [-0.25, -0.2) is 9.67 Å². The Bertz CT molecular complexity index is 957. The van der Waals surface area contributed by atoms with Crippen LogP contribution in [0.2, 0.25) is 0 Å². The van der Waals surface area contributed by atoms with Crippen LogP contribution >= 0.6 is 0 Å². The quantitative estimate of drug-likeness (QED) is 0.634. The first-order valence-electron chi connectivity index (χ1n) is 10.3. The second kappa shape index (κ2) is 8.47. The van der Waals surface area contributed by atoms with Gasteiger partial charge in [-0.2, -0.15) is 5.10 Å². The normalized spacial score (nSPS) is 13.3. The third-order valence-electron chi connectivity index (χ3n) is 5.37. The van der Waals surface area contributed by atoms with Crippen molar-refractivity contribution in [3.63, 3.8) is 0 Å². The maximum Gasteiger partial charge on any atom is 0.255 e. The fourth-order valence-electron chi connectivity index (χ4n) is 3.59. The minimum Gasteiger partial charge on any atom is -0.357 e. The van der Waals surface area contributed by atoms with Gasteiger partial charge < -0.3 is 10.2 Å². The second-order valence-corrected chi connectivity index (χ2v) is 7.34. The highest BCUT2D eigenvalue weighted by atomic mass is 16.1. The first kappa shape index (κ1) is 19.2. The van der Waals surface area contributed by atoms with Gasteiger partial charge in [-0.15, -0.1) is 0 Å². The minimum atomic E-state index is -0.0816. The van der Waals surface area contributed by atoms with Crippen LogP contribution < -0.4 is 10.2 Å². The average Bonchev–Trinajstić information content (AvgIpc) is 3.52. The van der Waals surface area contributed by atoms with Gasteiger partial charge in [0.25, 0.3) is 5.91 Å². The summed E-state index contributed by atoms with van der Waals surface area (Å²) in [5, 5.41) is 7.55. The number of hydrogen-bond donors (Lipinski definition) is 1. The predicted octanol–water partition coefficient (Wildman–Crippen LogP) is 3.92. The molecule has 0 aliphatic heterocycles. The Morgan fingerprint density at radius 3 is 2.48 bits per heavy atom. The molecule has 3 aromatic rings. The van der Waals surface area contributed by atoms with Crippen molar-refractivity contribution >= 4 is 11.7 Å². The number of nitrogens with one attached hydrogen (secondary N) is 1. The van der Waals surface area contributed by atoms with Crippen LogP contribution in [0.25, 0.3) is 5.69 Å². The molecule has 0 radical (unpaired) electrons. The van der Waals surface area contributed by atoms with E-state index in [1.165, 1.54) is 0 Å². The van der Waals surface area contributed by atoms with Crippen LogP contribution in [0.1, 0.15) is 54.2 Å². The Kier molecular flexibility index (Phi) is 5.60. The fraction of sp³-hybridized carbons (Fsp3) is 0.348. The van der Waals surface area contributed by atoms with Gasteiger partial charge in [-0.1, -0.05) is 24.3 Å². The van der Waals surface area contributed by atoms with Gasteiger partial charge in [-0.05, 0) is 50.5 Å². The summed E-state index contributed by atoms with van der Waals surface area (Å²) in [4.78, 5) is 19.6. The van der Waals surface area contributed by atoms with E-state index in [-0.39, 0.29) is 5.91 Å². The summed E-state index contributed by atoms with van der Waals surface area (Å²) in [7, 11) is 0. The van der Waals surface area contributed by atoms with Crippen LogP contribution in [0.3, 0.4) is 0 Å². The minimum absolute atomic E-state index is 0.0816. The summed E-state index contributed by atoms with van der Waals surface area (Å²) in [6.07, 6.45) is 5.74. The number of nitrogens with zero attached hydrogens (tertiary/aromatic N) is 4. The molecule has 6 heteroatoms. The number of benzene rings is 1. The zero-order valence-corrected chi connectivity index (χ0v) is 17.0. The summed E-state index contributed by atoms with van der Waals surface area (Å²) >= 11 is 0. The number of hydrogen-bond acceptors (Lipinski definition) is 4. The van der Waals surface area contributed by atoms with Gasteiger partial charge in [0.1, 0.15) is 5.82 Å². The molecule has 4 rings (SSSR count). The van der Waals surface area contributed by atoms with Gasteiger partial charge >= 0.3 is 0 Å². The van der Waals surface area contributed by atoms with Gasteiger partial charge in [0.15, 0.2) is 0 Å². The Morgan fingerprint density at radius 1 is 1.10 bits per heavy atom. The molecule has 1 fully saturated rings. The molecule has 150 valence electrons. The zero-order valence-electron chi connectivity index (χ0n) is 17.0. The average molecular weight is 390 g/mol. The van der Waals surface area contributed by atoms with E-state index in [4.69, 9.17) is 0 Å². The van der Waals surface area contributed by atoms with Crippen LogP contribution in [-0.4, -0.2) is 33.8 Å². The summed E-state index contributed by atoms with van der Waals surface area (Å²) in [6.45, 7) is 6.54. The molecule has 29 heavy (non-hydrogen) atoms. The topological polar surface area (TPSA) is 63.1 Å².